The quantitative estimate of drug-likeness (QED) is 0.225. The van der Waals surface area contributed by atoms with Gasteiger partial charge in [0.05, 0.1) is 37.9 Å². The van der Waals surface area contributed by atoms with Crippen LogP contribution in [0, 0.1) is 10.1 Å². The van der Waals surface area contributed by atoms with E-state index in [2.05, 4.69) is 0 Å². The second-order valence-electron chi connectivity index (χ2n) is 8.42. The number of esters is 1. The van der Waals surface area contributed by atoms with Crippen LogP contribution < -0.4 is 14.2 Å². The van der Waals surface area contributed by atoms with Crippen LogP contribution in [-0.4, -0.2) is 56.2 Å². The Morgan fingerprint density at radius 2 is 1.71 bits per heavy atom. The first-order valence-electron chi connectivity index (χ1n) is 11.6. The van der Waals surface area contributed by atoms with Crippen molar-refractivity contribution >= 4 is 29.2 Å². The monoisotopic (exact) mass is 540 g/mol. The molecule has 38 heavy (non-hydrogen) atoms. The van der Waals surface area contributed by atoms with Gasteiger partial charge in [0.15, 0.2) is 11.5 Å². The number of amides is 1. The van der Waals surface area contributed by atoms with Gasteiger partial charge in [-0.05, 0) is 66.1 Å². The number of nitro benzene ring substituents is 1. The van der Waals surface area contributed by atoms with Gasteiger partial charge in [-0.25, -0.2) is 4.79 Å². The van der Waals surface area contributed by atoms with Gasteiger partial charge in [-0.3, -0.25) is 14.9 Å². The molecule has 1 aliphatic heterocycles. The second kappa shape index (κ2) is 11.4. The molecule has 4 rings (SSSR count). The van der Waals surface area contributed by atoms with Crippen LogP contribution in [0.2, 0.25) is 5.02 Å². The highest BCUT2D eigenvalue weighted by atomic mass is 35.5. The van der Waals surface area contributed by atoms with Gasteiger partial charge in [0.2, 0.25) is 0 Å². The van der Waals surface area contributed by atoms with E-state index in [1.165, 1.54) is 37.3 Å². The number of carbonyl (C=O) groups excluding carboxylic acids is 2. The number of hydrogen-bond donors (Lipinski definition) is 0. The predicted octanol–water partition coefficient (Wildman–Crippen LogP) is 4.87. The summed E-state index contributed by atoms with van der Waals surface area (Å²) in [4.78, 5) is 38.1. The van der Waals surface area contributed by atoms with E-state index in [9.17, 15) is 19.7 Å². The van der Waals surface area contributed by atoms with Crippen molar-refractivity contribution in [1.29, 1.82) is 0 Å². The number of carbonyl (C=O) groups is 2. The predicted molar refractivity (Wildman–Crippen MR) is 138 cm³/mol. The van der Waals surface area contributed by atoms with E-state index in [0.29, 0.717) is 29.2 Å². The van der Waals surface area contributed by atoms with Crippen LogP contribution in [0.4, 0.5) is 5.69 Å². The Hall–Kier alpha value is -4.31. The number of nitro groups is 1. The van der Waals surface area contributed by atoms with Gasteiger partial charge in [-0.1, -0.05) is 11.6 Å². The molecule has 0 bridgehead atoms. The topological polar surface area (TPSA) is 117 Å². The number of methoxy groups -OCH3 is 3. The van der Waals surface area contributed by atoms with E-state index in [1.54, 1.807) is 37.4 Å². The molecule has 1 amide bonds. The molecule has 0 saturated heterocycles. The van der Waals surface area contributed by atoms with Crippen LogP contribution >= 0.6 is 11.6 Å². The maximum atomic E-state index is 13.7. The molecule has 1 atom stereocenters. The molecule has 0 spiro atoms. The van der Waals surface area contributed by atoms with Crippen LogP contribution in [0.25, 0.3) is 0 Å². The molecule has 0 unspecified atom stereocenters. The van der Waals surface area contributed by atoms with E-state index in [-0.39, 0.29) is 29.4 Å². The van der Waals surface area contributed by atoms with Crippen molar-refractivity contribution in [3.05, 3.63) is 92.0 Å². The normalized spacial score (nSPS) is 14.3. The molecule has 0 aromatic heterocycles. The number of nitrogens with zero attached hydrogens (tertiary/aromatic N) is 2. The van der Waals surface area contributed by atoms with Gasteiger partial charge in [-0.15, -0.1) is 0 Å². The van der Waals surface area contributed by atoms with Gasteiger partial charge in [-0.2, -0.15) is 0 Å². The molecule has 10 nitrogen and oxygen atoms in total. The minimum Gasteiger partial charge on any atom is -0.493 e. The Balaban J connectivity index is 1.72. The van der Waals surface area contributed by atoms with Crippen molar-refractivity contribution in [1.82, 2.24) is 4.90 Å². The summed E-state index contributed by atoms with van der Waals surface area (Å²) in [6.07, 6.45) is 0.486. The van der Waals surface area contributed by atoms with Crippen LogP contribution in [-0.2, 0) is 11.2 Å². The molecule has 0 N–H and O–H groups in total. The van der Waals surface area contributed by atoms with Crippen molar-refractivity contribution in [3.8, 4) is 17.2 Å². The zero-order chi connectivity index (χ0) is 27.4. The van der Waals surface area contributed by atoms with Gasteiger partial charge in [0.1, 0.15) is 17.9 Å². The highest BCUT2D eigenvalue weighted by molar-refractivity contribution is 6.31. The molecule has 198 valence electrons. The zero-order valence-electron chi connectivity index (χ0n) is 20.9. The molecule has 3 aromatic rings. The van der Waals surface area contributed by atoms with Crippen LogP contribution in [0.15, 0.2) is 54.6 Å². The van der Waals surface area contributed by atoms with Crippen LogP contribution in [0.1, 0.15) is 37.9 Å². The van der Waals surface area contributed by atoms with Gasteiger partial charge in [0.25, 0.3) is 11.6 Å². The lowest BCUT2D eigenvalue weighted by atomic mass is 9.91. The van der Waals surface area contributed by atoms with Crippen LogP contribution in [0.5, 0.6) is 17.2 Å². The third-order valence-electron chi connectivity index (χ3n) is 6.33. The Morgan fingerprint density at radius 1 is 1.03 bits per heavy atom. The third kappa shape index (κ3) is 5.35. The van der Waals surface area contributed by atoms with E-state index in [1.807, 2.05) is 6.07 Å². The number of benzene rings is 3. The lowest BCUT2D eigenvalue weighted by Crippen LogP contribution is -2.42. The summed E-state index contributed by atoms with van der Waals surface area (Å²) >= 11 is 6.10. The summed E-state index contributed by atoms with van der Waals surface area (Å²) in [6.45, 7) is 0.306. The fraction of sp³-hybridized carbons (Fsp3) is 0.259. The number of halogens is 1. The standard InChI is InChI=1S/C27H25ClN2O8/c1-35-24-12-17-10-11-29(26(31)21-13-18(28)6-9-22(21)30(33)34)23(20(17)14-25(24)36-2)15-38-19-7-4-16(5-8-19)27(32)37-3/h4-9,12-14,23H,10-11,15H2,1-3H3/t23-/m1/s1. The molecular weight excluding hydrogens is 516 g/mol. The summed E-state index contributed by atoms with van der Waals surface area (Å²) < 4.78 is 21.7. The molecule has 0 fully saturated rings. The Kier molecular flexibility index (Phi) is 8.02. The smallest absolute Gasteiger partial charge is 0.337 e. The maximum Gasteiger partial charge on any atom is 0.337 e. The summed E-state index contributed by atoms with van der Waals surface area (Å²) in [5.41, 5.74) is 1.61. The average molecular weight is 541 g/mol. The van der Waals surface area contributed by atoms with E-state index in [0.717, 1.165) is 11.1 Å². The molecule has 1 heterocycles. The van der Waals surface area contributed by atoms with Crippen molar-refractivity contribution < 1.29 is 33.5 Å². The summed E-state index contributed by atoms with van der Waals surface area (Å²) in [5.74, 6) is 0.468. The first-order chi connectivity index (χ1) is 18.3. The number of hydrogen-bond acceptors (Lipinski definition) is 8. The first-order valence-corrected chi connectivity index (χ1v) is 12.0. The maximum absolute atomic E-state index is 13.7. The van der Waals surface area contributed by atoms with Crippen LogP contribution in [0.3, 0.4) is 0 Å². The molecule has 1 aliphatic rings. The minimum atomic E-state index is -0.620. The highest BCUT2D eigenvalue weighted by Crippen LogP contribution is 2.39. The Morgan fingerprint density at radius 3 is 2.34 bits per heavy atom. The van der Waals surface area contributed by atoms with Crippen molar-refractivity contribution in [3.63, 3.8) is 0 Å². The fourth-order valence-corrected chi connectivity index (χ4v) is 4.60. The van der Waals surface area contributed by atoms with E-state index < -0.39 is 22.8 Å². The number of fused-ring (bicyclic) bond motifs is 1. The van der Waals surface area contributed by atoms with Gasteiger partial charge < -0.3 is 23.8 Å². The molecule has 11 heteroatoms. The lowest BCUT2D eigenvalue weighted by molar-refractivity contribution is -0.385. The van der Waals surface area contributed by atoms with E-state index >= 15 is 0 Å². The Bertz CT molecular complexity index is 1380. The lowest BCUT2D eigenvalue weighted by Gasteiger charge is -2.37. The molecular formula is C27H25ClN2O8. The Labute approximate surface area is 223 Å². The minimum absolute atomic E-state index is 0.0279. The van der Waals surface area contributed by atoms with Crippen molar-refractivity contribution in [2.24, 2.45) is 0 Å². The number of rotatable bonds is 8. The first kappa shape index (κ1) is 26.7. The third-order valence-corrected chi connectivity index (χ3v) is 6.57. The zero-order valence-corrected chi connectivity index (χ0v) is 21.7. The highest BCUT2D eigenvalue weighted by Gasteiger charge is 2.36. The molecule has 3 aromatic carbocycles. The fourth-order valence-electron chi connectivity index (χ4n) is 4.42. The van der Waals surface area contributed by atoms with Crippen molar-refractivity contribution in [2.45, 2.75) is 12.5 Å². The summed E-state index contributed by atoms with van der Waals surface area (Å²) in [6, 6.07) is 13.3. The average Bonchev–Trinajstić information content (AvgIpc) is 2.94. The molecule has 0 radical (unpaired) electrons. The van der Waals surface area contributed by atoms with Crippen molar-refractivity contribution in [2.75, 3.05) is 34.5 Å². The van der Waals surface area contributed by atoms with Gasteiger partial charge >= 0.3 is 5.97 Å². The number of ether oxygens (including phenoxy) is 4. The molecule has 0 aliphatic carbocycles. The second-order valence-corrected chi connectivity index (χ2v) is 8.85. The van der Waals surface area contributed by atoms with E-state index in [4.69, 9.17) is 30.5 Å². The largest absolute Gasteiger partial charge is 0.493 e. The van der Waals surface area contributed by atoms with Gasteiger partial charge in [0, 0.05) is 17.6 Å². The summed E-state index contributed by atoms with van der Waals surface area (Å²) in [7, 11) is 4.35. The molecule has 0 saturated carbocycles. The summed E-state index contributed by atoms with van der Waals surface area (Å²) in [5, 5.41) is 11.9. The SMILES string of the molecule is COC(=O)c1ccc(OC[C@@H]2c3cc(OC)c(OC)cc3CCN2C(=O)c2cc(Cl)ccc2[N+](=O)[O-])cc1.